The number of ether oxygens (including phenoxy) is 1. The maximum atomic E-state index is 9.89. The molecule has 0 unspecified atom stereocenters. The normalized spacial score (nSPS) is 52.2. The fourth-order valence-corrected chi connectivity index (χ4v) is 1.78. The smallest absolute Gasteiger partial charge is 0.251 e. The summed E-state index contributed by atoms with van der Waals surface area (Å²) in [7, 11) is 1.89. The molecule has 2 rings (SSSR count). The van der Waals surface area contributed by atoms with Crippen LogP contribution in [0.3, 0.4) is 0 Å². The van der Waals surface area contributed by atoms with Crippen molar-refractivity contribution in [3.63, 3.8) is 0 Å². The van der Waals surface area contributed by atoms with Gasteiger partial charge in [0.25, 0.3) is 5.72 Å². The van der Waals surface area contributed by atoms with E-state index in [1.807, 2.05) is 18.4 Å². The Morgan fingerprint density at radius 2 is 2.25 bits per heavy atom. The molecule has 0 aromatic carbocycles. The van der Waals surface area contributed by atoms with Crippen LogP contribution in [0.5, 0.6) is 0 Å². The highest BCUT2D eigenvalue weighted by Gasteiger charge is 2.72. The Kier molecular flexibility index (Phi) is 1.42. The van der Waals surface area contributed by atoms with Crippen LogP contribution in [-0.2, 0) is 4.74 Å². The number of likely N-dealkylation sites (N-methyl/N-ethyl adjacent to an activating group) is 1. The minimum absolute atomic E-state index is 0.282. The number of aliphatic hydroxyl groups excluding tert-OH is 1. The van der Waals surface area contributed by atoms with Crippen molar-refractivity contribution in [2.45, 2.75) is 30.5 Å². The van der Waals surface area contributed by atoms with Gasteiger partial charge in [-0.15, -0.1) is 0 Å². The molecule has 0 bridgehead atoms. The fourth-order valence-electron chi connectivity index (χ4n) is 1.78. The predicted octanol–water partition coefficient (Wildman–Crippen LogP) is -2.04. The van der Waals surface area contributed by atoms with E-state index >= 15 is 0 Å². The Morgan fingerprint density at radius 3 is 2.50 bits per heavy atom. The molecule has 0 spiro atoms. The first-order chi connectivity index (χ1) is 5.55. The van der Waals surface area contributed by atoms with E-state index in [0.29, 0.717) is 0 Å². The average molecular weight is 172 g/mol. The van der Waals surface area contributed by atoms with Gasteiger partial charge in [0.2, 0.25) is 0 Å². The molecule has 1 aliphatic carbocycles. The van der Waals surface area contributed by atoms with Crippen LogP contribution in [0.4, 0.5) is 0 Å². The van der Waals surface area contributed by atoms with Gasteiger partial charge in [0.15, 0.2) is 6.10 Å². The summed E-state index contributed by atoms with van der Waals surface area (Å²) in [5, 5.41) is 21.1. The summed E-state index contributed by atoms with van der Waals surface area (Å²) in [6.07, 6.45) is 2.37. The quantitative estimate of drug-likeness (QED) is 0.332. The van der Waals surface area contributed by atoms with Crippen LogP contribution in [0.1, 0.15) is 6.92 Å². The molecule has 4 heteroatoms. The molecule has 0 aromatic rings. The van der Waals surface area contributed by atoms with Gasteiger partial charge in [-0.3, -0.25) is 0 Å². The standard InChI is InChI=1S/C8H13NO3/c1-5(10)7(11)3-4-8(9-2)6(7)12-8/h3-6,9-11H,1-2H3/p+1/t5-,6+,7-,8-/m0/s1. The highest BCUT2D eigenvalue weighted by molar-refractivity contribution is 5.31. The third-order valence-corrected chi connectivity index (χ3v) is 2.83. The van der Waals surface area contributed by atoms with Gasteiger partial charge in [0, 0.05) is 6.08 Å². The van der Waals surface area contributed by atoms with E-state index in [1.165, 1.54) is 0 Å². The SMILES string of the molecule is C[NH2+][C@]12C=C[C@](O)([C@H](C)O)[C@H]1O2. The highest BCUT2D eigenvalue weighted by atomic mass is 16.6. The monoisotopic (exact) mass is 172 g/mol. The lowest BCUT2D eigenvalue weighted by molar-refractivity contribution is -0.685. The van der Waals surface area contributed by atoms with E-state index in [-0.39, 0.29) is 6.10 Å². The summed E-state index contributed by atoms with van der Waals surface area (Å²) in [5.41, 5.74) is -1.59. The van der Waals surface area contributed by atoms with E-state index in [2.05, 4.69) is 0 Å². The van der Waals surface area contributed by atoms with Gasteiger partial charge in [0.1, 0.15) is 5.60 Å². The van der Waals surface area contributed by atoms with Crippen molar-refractivity contribution in [1.29, 1.82) is 0 Å². The average Bonchev–Trinajstić information content (AvgIpc) is 2.70. The van der Waals surface area contributed by atoms with Gasteiger partial charge in [-0.05, 0) is 13.0 Å². The van der Waals surface area contributed by atoms with Crippen LogP contribution in [0.2, 0.25) is 0 Å². The van der Waals surface area contributed by atoms with Crippen molar-refractivity contribution in [3.8, 4) is 0 Å². The third kappa shape index (κ3) is 0.754. The van der Waals surface area contributed by atoms with Gasteiger partial charge in [0.05, 0.1) is 13.2 Å². The molecule has 1 aliphatic heterocycles. The Labute approximate surface area is 70.8 Å². The summed E-state index contributed by atoms with van der Waals surface area (Å²) < 4.78 is 5.31. The van der Waals surface area contributed by atoms with Crippen molar-refractivity contribution in [2.24, 2.45) is 0 Å². The molecule has 0 radical (unpaired) electrons. The zero-order valence-corrected chi connectivity index (χ0v) is 7.19. The second-order valence-electron chi connectivity index (χ2n) is 3.54. The molecule has 4 N–H and O–H groups in total. The second kappa shape index (κ2) is 2.09. The van der Waals surface area contributed by atoms with E-state index < -0.39 is 17.4 Å². The number of nitrogens with two attached hydrogens (primary N) is 1. The first-order valence-electron chi connectivity index (χ1n) is 4.14. The fraction of sp³-hybridized carbons (Fsp3) is 0.750. The molecule has 2 aliphatic rings. The highest BCUT2D eigenvalue weighted by Crippen LogP contribution is 2.47. The summed E-state index contributed by atoms with van der Waals surface area (Å²) in [6, 6.07) is 0. The van der Waals surface area contributed by atoms with Crippen molar-refractivity contribution in [1.82, 2.24) is 0 Å². The molecular weight excluding hydrogens is 158 g/mol. The van der Waals surface area contributed by atoms with E-state index in [4.69, 9.17) is 4.74 Å². The topological polar surface area (TPSA) is 69.6 Å². The van der Waals surface area contributed by atoms with Gasteiger partial charge in [-0.1, -0.05) is 0 Å². The molecule has 0 saturated carbocycles. The molecule has 0 amide bonds. The Bertz CT molecular complexity index is 240. The van der Waals surface area contributed by atoms with E-state index in [1.54, 1.807) is 13.0 Å². The van der Waals surface area contributed by atoms with E-state index in [9.17, 15) is 10.2 Å². The van der Waals surface area contributed by atoms with Crippen LogP contribution in [-0.4, -0.2) is 40.8 Å². The number of epoxide rings is 1. The summed E-state index contributed by atoms with van der Waals surface area (Å²) in [4.78, 5) is 0. The van der Waals surface area contributed by atoms with Crippen molar-refractivity contribution in [3.05, 3.63) is 12.2 Å². The molecule has 12 heavy (non-hydrogen) atoms. The Hall–Kier alpha value is -0.420. The molecule has 68 valence electrons. The largest absolute Gasteiger partial charge is 0.390 e. The maximum absolute atomic E-state index is 9.89. The molecular formula is C8H14NO3+. The lowest BCUT2D eigenvalue weighted by Crippen LogP contribution is -2.89. The number of fused-ring (bicyclic) bond motifs is 1. The lowest BCUT2D eigenvalue weighted by atomic mass is 9.96. The minimum atomic E-state index is -1.19. The first kappa shape index (κ1) is 8.19. The van der Waals surface area contributed by atoms with Crippen molar-refractivity contribution < 1.29 is 20.3 Å². The summed E-state index contributed by atoms with van der Waals surface area (Å²) in [6.45, 7) is 1.57. The number of rotatable bonds is 2. The van der Waals surface area contributed by atoms with Gasteiger partial charge in [-0.25, -0.2) is 0 Å². The van der Waals surface area contributed by atoms with Gasteiger partial charge in [-0.2, -0.15) is 0 Å². The molecule has 4 atom stereocenters. The number of quaternary nitrogens is 1. The number of hydrogen-bond acceptors (Lipinski definition) is 3. The number of aliphatic hydroxyl groups is 2. The maximum Gasteiger partial charge on any atom is 0.251 e. The van der Waals surface area contributed by atoms with Crippen LogP contribution in [0.25, 0.3) is 0 Å². The zero-order chi connectivity index (χ0) is 8.98. The van der Waals surface area contributed by atoms with Gasteiger partial charge < -0.3 is 20.3 Å². The first-order valence-corrected chi connectivity index (χ1v) is 4.14. The van der Waals surface area contributed by atoms with Crippen LogP contribution in [0.15, 0.2) is 12.2 Å². The summed E-state index contributed by atoms with van der Waals surface area (Å²) >= 11 is 0. The van der Waals surface area contributed by atoms with Crippen molar-refractivity contribution in [2.75, 3.05) is 7.05 Å². The van der Waals surface area contributed by atoms with Crippen molar-refractivity contribution >= 4 is 0 Å². The molecule has 1 fully saturated rings. The van der Waals surface area contributed by atoms with Crippen LogP contribution in [0, 0.1) is 0 Å². The molecule has 4 nitrogen and oxygen atoms in total. The lowest BCUT2D eigenvalue weighted by Gasteiger charge is -2.22. The Morgan fingerprint density at radius 1 is 1.58 bits per heavy atom. The third-order valence-electron chi connectivity index (χ3n) is 2.83. The summed E-state index contributed by atoms with van der Waals surface area (Å²) in [5.74, 6) is 0. The Balaban J connectivity index is 2.22. The molecule has 1 heterocycles. The predicted molar refractivity (Wildman–Crippen MR) is 41.2 cm³/mol. The van der Waals surface area contributed by atoms with Gasteiger partial charge >= 0.3 is 0 Å². The van der Waals surface area contributed by atoms with Crippen LogP contribution < -0.4 is 5.32 Å². The van der Waals surface area contributed by atoms with Crippen LogP contribution >= 0.6 is 0 Å². The molecule has 0 aromatic heterocycles. The number of hydrogen-bond donors (Lipinski definition) is 3. The minimum Gasteiger partial charge on any atom is -0.390 e. The zero-order valence-electron chi connectivity index (χ0n) is 7.19. The molecule has 1 saturated heterocycles. The van der Waals surface area contributed by atoms with E-state index in [0.717, 1.165) is 0 Å². The second-order valence-corrected chi connectivity index (χ2v) is 3.54.